The Morgan fingerprint density at radius 1 is 1.02 bits per heavy atom. The third kappa shape index (κ3) is 7.47. The molecule has 1 aliphatic heterocycles. The van der Waals surface area contributed by atoms with Gasteiger partial charge in [0, 0.05) is 18.8 Å². The highest BCUT2D eigenvalue weighted by Crippen LogP contribution is 2.43. The first-order valence-corrected chi connectivity index (χ1v) is 14.1. The Balaban J connectivity index is 1.37. The molecule has 0 saturated heterocycles. The standard InChI is InChI=1S/C29H32Cl2N4O7/c1-4-41-29(37)26-23(33-17(2)24(28(36)38-3)25(26)19-6-5-7-20(30)27(19)31)16-40-13-12-39-11-10-32-15-18-8-9-21-22(14-18)35-42-34-21/h5-9,14,25,32-33H,4,10-13,15-16H2,1-3H3. The molecule has 42 heavy (non-hydrogen) atoms. The lowest BCUT2D eigenvalue weighted by Gasteiger charge is -2.31. The van der Waals surface area contributed by atoms with Crippen molar-refractivity contribution in [1.82, 2.24) is 20.9 Å². The summed E-state index contributed by atoms with van der Waals surface area (Å²) in [6, 6.07) is 10.8. The van der Waals surface area contributed by atoms with Crippen molar-refractivity contribution < 1.29 is 33.2 Å². The summed E-state index contributed by atoms with van der Waals surface area (Å²) < 4.78 is 26.7. The number of carbonyl (C=O) groups excluding carboxylic acids is 2. The van der Waals surface area contributed by atoms with Crippen LogP contribution in [0.5, 0.6) is 0 Å². The second-order valence-electron chi connectivity index (χ2n) is 9.27. The number of nitrogens with zero attached hydrogens (tertiary/aromatic N) is 2. The molecule has 2 N–H and O–H groups in total. The molecule has 0 fully saturated rings. The van der Waals surface area contributed by atoms with Crippen LogP contribution in [-0.2, 0) is 35.1 Å². The maximum atomic E-state index is 13.3. The number of nitrogens with one attached hydrogen (secondary N) is 2. The van der Waals surface area contributed by atoms with E-state index in [9.17, 15) is 9.59 Å². The van der Waals surface area contributed by atoms with Crippen molar-refractivity contribution in [3.05, 3.63) is 80.1 Å². The molecule has 2 heterocycles. The number of carbonyl (C=O) groups is 2. The van der Waals surface area contributed by atoms with Crippen molar-refractivity contribution in [2.75, 3.05) is 46.7 Å². The van der Waals surface area contributed by atoms with Gasteiger partial charge in [0.05, 0.1) is 73.0 Å². The van der Waals surface area contributed by atoms with Crippen molar-refractivity contribution in [1.29, 1.82) is 0 Å². The van der Waals surface area contributed by atoms with Gasteiger partial charge >= 0.3 is 11.9 Å². The molecule has 13 heteroatoms. The predicted molar refractivity (Wildman–Crippen MR) is 156 cm³/mol. The van der Waals surface area contributed by atoms with Gasteiger partial charge in [0.25, 0.3) is 0 Å². The summed E-state index contributed by atoms with van der Waals surface area (Å²) in [5, 5.41) is 14.6. The number of allylic oxidation sites excluding steroid dienone is 1. The minimum absolute atomic E-state index is 0.0373. The molecule has 1 aliphatic rings. The van der Waals surface area contributed by atoms with Crippen molar-refractivity contribution in [2.24, 2.45) is 0 Å². The lowest BCUT2D eigenvalue weighted by molar-refractivity contribution is -0.139. The first-order valence-electron chi connectivity index (χ1n) is 13.3. The molecule has 1 atom stereocenters. The summed E-state index contributed by atoms with van der Waals surface area (Å²) in [4.78, 5) is 26.2. The summed E-state index contributed by atoms with van der Waals surface area (Å²) in [6.45, 7) is 5.97. The lowest BCUT2D eigenvalue weighted by Crippen LogP contribution is -2.35. The number of dihydropyridines is 1. The average Bonchev–Trinajstić information content (AvgIpc) is 3.45. The van der Waals surface area contributed by atoms with Crippen molar-refractivity contribution in [3.63, 3.8) is 0 Å². The Kier molecular flexibility index (Phi) is 11.3. The fourth-order valence-corrected chi connectivity index (χ4v) is 5.02. The molecule has 0 radical (unpaired) electrons. The van der Waals surface area contributed by atoms with Crippen LogP contribution in [0.15, 0.2) is 63.6 Å². The number of hydrogen-bond donors (Lipinski definition) is 2. The minimum atomic E-state index is -0.883. The van der Waals surface area contributed by atoms with E-state index in [1.165, 1.54) is 7.11 Å². The molecule has 4 rings (SSSR count). The number of esters is 2. The van der Waals surface area contributed by atoms with E-state index in [-0.39, 0.29) is 41.0 Å². The zero-order chi connectivity index (χ0) is 30.1. The fraction of sp³-hybridized carbons (Fsp3) is 0.379. The van der Waals surface area contributed by atoms with E-state index in [2.05, 4.69) is 20.9 Å². The number of halogens is 2. The molecule has 0 amide bonds. The molecule has 0 saturated carbocycles. The first-order chi connectivity index (χ1) is 20.3. The van der Waals surface area contributed by atoms with E-state index in [4.69, 9.17) is 46.8 Å². The van der Waals surface area contributed by atoms with Gasteiger partial charge in [-0.1, -0.05) is 41.4 Å². The quantitative estimate of drug-likeness (QED) is 0.198. The highest BCUT2D eigenvalue weighted by atomic mass is 35.5. The summed E-state index contributed by atoms with van der Waals surface area (Å²) in [5.41, 5.74) is 4.32. The van der Waals surface area contributed by atoms with Gasteiger partial charge in [0.15, 0.2) is 0 Å². The minimum Gasteiger partial charge on any atom is -0.466 e. The fourth-order valence-electron chi connectivity index (χ4n) is 4.60. The largest absolute Gasteiger partial charge is 0.466 e. The summed E-state index contributed by atoms with van der Waals surface area (Å²) >= 11 is 12.9. The zero-order valence-corrected chi connectivity index (χ0v) is 25.0. The Morgan fingerprint density at radius 2 is 1.81 bits per heavy atom. The van der Waals surface area contributed by atoms with Crippen LogP contribution in [-0.4, -0.2) is 68.9 Å². The van der Waals surface area contributed by atoms with Gasteiger partial charge in [0.1, 0.15) is 11.0 Å². The summed E-state index contributed by atoms with van der Waals surface area (Å²) in [5.74, 6) is -2.11. The molecule has 0 spiro atoms. The molecule has 1 unspecified atom stereocenters. The Bertz CT molecular complexity index is 1490. The molecule has 3 aromatic rings. The number of aromatic nitrogens is 2. The molecular formula is C29H32Cl2N4O7. The molecule has 2 aromatic carbocycles. The lowest BCUT2D eigenvalue weighted by atomic mass is 9.80. The third-order valence-electron chi connectivity index (χ3n) is 6.53. The van der Waals surface area contributed by atoms with E-state index >= 15 is 0 Å². The number of fused-ring (bicyclic) bond motifs is 1. The van der Waals surface area contributed by atoms with Crippen LogP contribution >= 0.6 is 23.2 Å². The molecule has 224 valence electrons. The van der Waals surface area contributed by atoms with Gasteiger partial charge in [-0.05, 0) is 53.5 Å². The van der Waals surface area contributed by atoms with Crippen LogP contribution in [0.4, 0.5) is 0 Å². The topological polar surface area (TPSA) is 134 Å². The van der Waals surface area contributed by atoms with Crippen LogP contribution in [0, 0.1) is 0 Å². The predicted octanol–water partition coefficient (Wildman–Crippen LogP) is 4.30. The SMILES string of the molecule is CCOC(=O)C1=C(COCCOCCNCc2ccc3nonc3c2)NC(C)=C(C(=O)OC)C1c1cccc(Cl)c1Cl. The number of hydrogen-bond acceptors (Lipinski definition) is 11. The average molecular weight is 620 g/mol. The summed E-state index contributed by atoms with van der Waals surface area (Å²) in [7, 11) is 1.27. The summed E-state index contributed by atoms with van der Waals surface area (Å²) in [6.07, 6.45) is 0. The highest BCUT2D eigenvalue weighted by Gasteiger charge is 2.40. The van der Waals surface area contributed by atoms with Gasteiger partial charge in [-0.25, -0.2) is 14.2 Å². The third-order valence-corrected chi connectivity index (χ3v) is 7.36. The zero-order valence-electron chi connectivity index (χ0n) is 23.5. The number of methoxy groups -OCH3 is 1. The number of benzene rings is 2. The number of rotatable bonds is 14. The monoisotopic (exact) mass is 618 g/mol. The van der Waals surface area contributed by atoms with E-state index in [0.717, 1.165) is 11.1 Å². The maximum Gasteiger partial charge on any atom is 0.336 e. The number of ether oxygens (including phenoxy) is 4. The molecule has 0 aliphatic carbocycles. The van der Waals surface area contributed by atoms with E-state index in [0.29, 0.717) is 48.8 Å². The Morgan fingerprint density at radius 3 is 2.60 bits per heavy atom. The smallest absolute Gasteiger partial charge is 0.336 e. The highest BCUT2D eigenvalue weighted by molar-refractivity contribution is 6.42. The van der Waals surface area contributed by atoms with Gasteiger partial charge in [-0.15, -0.1) is 0 Å². The molecule has 0 bridgehead atoms. The van der Waals surface area contributed by atoms with Crippen LogP contribution in [0.3, 0.4) is 0 Å². The molecule has 11 nitrogen and oxygen atoms in total. The maximum absolute atomic E-state index is 13.3. The van der Waals surface area contributed by atoms with Gasteiger partial charge in [-0.3, -0.25) is 0 Å². The molecule has 1 aromatic heterocycles. The first kappa shape index (κ1) is 31.5. The van der Waals surface area contributed by atoms with Crippen LogP contribution in [0.25, 0.3) is 11.0 Å². The molecular weight excluding hydrogens is 587 g/mol. The van der Waals surface area contributed by atoms with Gasteiger partial charge < -0.3 is 29.6 Å². The second-order valence-corrected chi connectivity index (χ2v) is 10.1. The van der Waals surface area contributed by atoms with Crippen molar-refractivity contribution >= 4 is 46.2 Å². The van der Waals surface area contributed by atoms with Gasteiger partial charge in [0.2, 0.25) is 0 Å². The van der Waals surface area contributed by atoms with E-state index in [1.54, 1.807) is 32.0 Å². The normalized spacial score (nSPS) is 15.2. The van der Waals surface area contributed by atoms with E-state index < -0.39 is 17.9 Å². The van der Waals surface area contributed by atoms with E-state index in [1.807, 2.05) is 18.2 Å². The van der Waals surface area contributed by atoms with Crippen molar-refractivity contribution in [3.8, 4) is 0 Å². The second kappa shape index (κ2) is 15.1. The van der Waals surface area contributed by atoms with Crippen LogP contribution in [0.2, 0.25) is 10.0 Å². The Hall–Kier alpha value is -3.48. The Labute approximate surface area is 253 Å². The van der Waals surface area contributed by atoms with Crippen LogP contribution in [0.1, 0.15) is 30.9 Å². The van der Waals surface area contributed by atoms with Gasteiger partial charge in [-0.2, -0.15) is 0 Å². The van der Waals surface area contributed by atoms with Crippen molar-refractivity contribution in [2.45, 2.75) is 26.3 Å². The van der Waals surface area contributed by atoms with Crippen LogP contribution < -0.4 is 10.6 Å².